The lowest BCUT2D eigenvalue weighted by atomic mass is 9.69. The zero-order chi connectivity index (χ0) is 11.6. The van der Waals surface area contributed by atoms with Gasteiger partial charge in [-0.1, -0.05) is 10.9 Å². The maximum absolute atomic E-state index is 11.5. The molecule has 1 saturated carbocycles. The maximum Gasteiger partial charge on any atom is 0.311 e. The van der Waals surface area contributed by atoms with Crippen LogP contribution in [0.15, 0.2) is 5.38 Å². The molecule has 1 heterocycles. The predicted octanol–water partition coefficient (Wildman–Crippen LogP) is 0.523. The van der Waals surface area contributed by atoms with Crippen molar-refractivity contribution in [2.24, 2.45) is 5.41 Å². The Morgan fingerprint density at radius 1 is 1.56 bits per heavy atom. The summed E-state index contributed by atoms with van der Waals surface area (Å²) in [5.74, 6) is -1.20. The van der Waals surface area contributed by atoms with E-state index >= 15 is 0 Å². The molecule has 1 fully saturated rings. The van der Waals surface area contributed by atoms with Crippen LogP contribution in [0.2, 0.25) is 0 Å². The molecule has 86 valence electrons. The van der Waals surface area contributed by atoms with E-state index in [1.807, 2.05) is 0 Å². The minimum atomic E-state index is -0.838. The van der Waals surface area contributed by atoms with Crippen LogP contribution in [0.1, 0.15) is 29.8 Å². The molecule has 1 aliphatic rings. The van der Waals surface area contributed by atoms with Crippen molar-refractivity contribution in [1.29, 1.82) is 0 Å². The first-order chi connectivity index (χ1) is 7.64. The molecular weight excluding hydrogens is 230 g/mol. The number of hydrogen-bond donors (Lipinski definition) is 2. The number of nitrogens with zero attached hydrogens (tertiary/aromatic N) is 2. The monoisotopic (exact) mass is 241 g/mol. The van der Waals surface area contributed by atoms with Gasteiger partial charge in [0, 0.05) is 11.9 Å². The average molecular weight is 241 g/mol. The Kier molecular flexibility index (Phi) is 2.86. The molecule has 0 spiro atoms. The lowest BCUT2D eigenvalue weighted by molar-refractivity contribution is -0.153. The van der Waals surface area contributed by atoms with Gasteiger partial charge in [-0.05, 0) is 24.4 Å². The van der Waals surface area contributed by atoms with Gasteiger partial charge < -0.3 is 10.4 Å². The van der Waals surface area contributed by atoms with Crippen molar-refractivity contribution in [2.45, 2.75) is 19.3 Å². The van der Waals surface area contributed by atoms with Gasteiger partial charge in [0.1, 0.15) is 0 Å². The van der Waals surface area contributed by atoms with Crippen LogP contribution < -0.4 is 5.32 Å². The summed E-state index contributed by atoms with van der Waals surface area (Å²) in [5.41, 5.74) is -0.524. The molecule has 6 nitrogen and oxygen atoms in total. The highest BCUT2D eigenvalue weighted by Gasteiger charge is 2.44. The minimum Gasteiger partial charge on any atom is -0.481 e. The molecule has 16 heavy (non-hydrogen) atoms. The standard InChI is InChI=1S/C9H11N3O3S/c13-7(6-4-16-12-11-6)10-5-9(8(14)15)2-1-3-9/h4H,1-3,5H2,(H,10,13)(H,14,15). The van der Waals surface area contributed by atoms with Crippen molar-refractivity contribution < 1.29 is 14.7 Å². The van der Waals surface area contributed by atoms with Crippen molar-refractivity contribution in [1.82, 2.24) is 14.9 Å². The highest BCUT2D eigenvalue weighted by molar-refractivity contribution is 7.03. The second-order valence-corrected chi connectivity index (χ2v) is 4.52. The summed E-state index contributed by atoms with van der Waals surface area (Å²) in [4.78, 5) is 22.5. The third-order valence-corrected chi connectivity index (χ3v) is 3.45. The van der Waals surface area contributed by atoms with Gasteiger partial charge in [-0.2, -0.15) is 0 Å². The first-order valence-corrected chi connectivity index (χ1v) is 5.76. The molecule has 0 atom stereocenters. The first kappa shape index (κ1) is 11.0. The number of carboxylic acid groups (broad SMARTS) is 1. The van der Waals surface area contributed by atoms with Gasteiger partial charge in [-0.3, -0.25) is 9.59 Å². The van der Waals surface area contributed by atoms with Crippen molar-refractivity contribution in [3.8, 4) is 0 Å². The summed E-state index contributed by atoms with van der Waals surface area (Å²) in [6, 6.07) is 0. The molecule has 2 N–H and O–H groups in total. The van der Waals surface area contributed by atoms with E-state index in [0.29, 0.717) is 12.8 Å². The van der Waals surface area contributed by atoms with Gasteiger partial charge in [-0.25, -0.2) is 0 Å². The van der Waals surface area contributed by atoms with Crippen LogP contribution in [-0.2, 0) is 4.79 Å². The average Bonchev–Trinajstić information content (AvgIpc) is 2.67. The molecule has 0 aromatic carbocycles. The predicted molar refractivity (Wildman–Crippen MR) is 56.2 cm³/mol. The van der Waals surface area contributed by atoms with Crippen molar-refractivity contribution >= 4 is 23.4 Å². The van der Waals surface area contributed by atoms with Gasteiger partial charge in [0.2, 0.25) is 0 Å². The van der Waals surface area contributed by atoms with Gasteiger partial charge in [0.15, 0.2) is 5.69 Å². The fourth-order valence-corrected chi connectivity index (χ4v) is 2.11. The van der Waals surface area contributed by atoms with Crippen molar-refractivity contribution in [2.75, 3.05) is 6.54 Å². The molecule has 7 heteroatoms. The van der Waals surface area contributed by atoms with Crippen molar-refractivity contribution in [3.05, 3.63) is 11.1 Å². The van der Waals surface area contributed by atoms with Gasteiger partial charge in [-0.15, -0.1) is 5.10 Å². The number of amides is 1. The van der Waals surface area contributed by atoms with E-state index in [2.05, 4.69) is 14.9 Å². The van der Waals surface area contributed by atoms with E-state index in [4.69, 9.17) is 5.11 Å². The topological polar surface area (TPSA) is 92.2 Å². The SMILES string of the molecule is O=C(NCC1(C(=O)O)CCC1)c1csnn1. The lowest BCUT2D eigenvalue weighted by Crippen LogP contribution is -2.47. The second-order valence-electron chi connectivity index (χ2n) is 3.91. The summed E-state index contributed by atoms with van der Waals surface area (Å²) < 4.78 is 3.57. The van der Waals surface area contributed by atoms with Crippen LogP contribution in [0.5, 0.6) is 0 Å². The van der Waals surface area contributed by atoms with Crippen LogP contribution in [0.4, 0.5) is 0 Å². The summed E-state index contributed by atoms with van der Waals surface area (Å²) in [5, 5.41) is 16.8. The molecule has 1 aliphatic carbocycles. The Morgan fingerprint density at radius 3 is 2.75 bits per heavy atom. The first-order valence-electron chi connectivity index (χ1n) is 4.93. The number of hydrogen-bond acceptors (Lipinski definition) is 5. The van der Waals surface area contributed by atoms with E-state index in [0.717, 1.165) is 18.0 Å². The highest BCUT2D eigenvalue weighted by atomic mass is 32.1. The molecule has 1 amide bonds. The maximum atomic E-state index is 11.5. The van der Waals surface area contributed by atoms with E-state index in [9.17, 15) is 9.59 Å². The number of carboxylic acids is 1. The molecule has 0 unspecified atom stereocenters. The number of carbonyl (C=O) groups is 2. The van der Waals surface area contributed by atoms with Crippen LogP contribution in [0.3, 0.4) is 0 Å². The Bertz CT molecular complexity index is 400. The Balaban J connectivity index is 1.92. The van der Waals surface area contributed by atoms with E-state index < -0.39 is 11.4 Å². The normalized spacial score (nSPS) is 17.5. The second kappa shape index (κ2) is 4.17. The molecular formula is C9H11N3O3S. The summed E-state index contributed by atoms with van der Waals surface area (Å²) >= 11 is 1.09. The fraction of sp³-hybridized carbons (Fsp3) is 0.556. The van der Waals surface area contributed by atoms with Crippen molar-refractivity contribution in [3.63, 3.8) is 0 Å². The summed E-state index contributed by atoms with van der Waals surface area (Å²) in [6.07, 6.45) is 2.15. The Labute approximate surface area is 95.8 Å². The van der Waals surface area contributed by atoms with E-state index in [-0.39, 0.29) is 18.1 Å². The minimum absolute atomic E-state index is 0.165. The third-order valence-electron chi connectivity index (χ3n) is 2.94. The van der Waals surface area contributed by atoms with Gasteiger partial charge >= 0.3 is 5.97 Å². The lowest BCUT2D eigenvalue weighted by Gasteiger charge is -2.37. The smallest absolute Gasteiger partial charge is 0.311 e. The Hall–Kier alpha value is -1.50. The van der Waals surface area contributed by atoms with E-state index in [1.165, 1.54) is 5.38 Å². The zero-order valence-electron chi connectivity index (χ0n) is 8.47. The van der Waals surface area contributed by atoms with Crippen LogP contribution in [0.25, 0.3) is 0 Å². The quantitative estimate of drug-likeness (QED) is 0.801. The fourth-order valence-electron chi connectivity index (χ4n) is 1.67. The zero-order valence-corrected chi connectivity index (χ0v) is 9.29. The van der Waals surface area contributed by atoms with Crippen LogP contribution in [0, 0.1) is 5.41 Å². The summed E-state index contributed by atoms with van der Waals surface area (Å²) in [7, 11) is 0. The molecule has 0 radical (unpaired) electrons. The molecule has 0 bridgehead atoms. The van der Waals surface area contributed by atoms with Crippen LogP contribution in [-0.4, -0.2) is 33.1 Å². The highest BCUT2D eigenvalue weighted by Crippen LogP contribution is 2.40. The van der Waals surface area contributed by atoms with Gasteiger partial charge in [0.25, 0.3) is 5.91 Å². The number of aliphatic carboxylic acids is 1. The largest absolute Gasteiger partial charge is 0.481 e. The number of aromatic nitrogens is 2. The Morgan fingerprint density at radius 2 is 2.31 bits per heavy atom. The van der Waals surface area contributed by atoms with E-state index in [1.54, 1.807) is 0 Å². The number of carbonyl (C=O) groups excluding carboxylic acids is 1. The van der Waals surface area contributed by atoms with Crippen LogP contribution >= 0.6 is 11.5 Å². The number of rotatable bonds is 4. The molecule has 0 aliphatic heterocycles. The summed E-state index contributed by atoms with van der Waals surface area (Å²) in [6.45, 7) is 0.165. The molecule has 1 aromatic rings. The molecule has 1 aromatic heterocycles. The third kappa shape index (κ3) is 1.90. The molecule has 2 rings (SSSR count). The molecule has 0 saturated heterocycles. The van der Waals surface area contributed by atoms with Gasteiger partial charge in [0.05, 0.1) is 5.41 Å². The number of nitrogens with one attached hydrogen (secondary N) is 1.